The van der Waals surface area contributed by atoms with Gasteiger partial charge in [0.15, 0.2) is 0 Å². The minimum Gasteiger partial charge on any atom is -0.313 e. The number of piperidine rings is 1. The summed E-state index contributed by atoms with van der Waals surface area (Å²) in [7, 11) is 0. The van der Waals surface area contributed by atoms with Crippen LogP contribution in [0, 0.1) is 11.7 Å². The fourth-order valence-electron chi connectivity index (χ4n) is 3.05. The van der Waals surface area contributed by atoms with Gasteiger partial charge in [-0.3, -0.25) is 4.98 Å². The minimum absolute atomic E-state index is 0.0523. The molecule has 2 unspecified atom stereocenters. The minimum atomic E-state index is -0.227. The molecule has 0 spiro atoms. The summed E-state index contributed by atoms with van der Waals surface area (Å²) in [4.78, 5) is 3.96. The van der Waals surface area contributed by atoms with Crippen LogP contribution >= 0.6 is 0 Å². The maximum absolute atomic E-state index is 13.2. The number of halogens is 1. The number of hydrogen-bond acceptors (Lipinski definition) is 2. The van der Waals surface area contributed by atoms with E-state index in [0.717, 1.165) is 30.5 Å². The molecule has 1 aromatic heterocycles. The summed E-state index contributed by atoms with van der Waals surface area (Å²) in [6.45, 7) is 3.16. The van der Waals surface area contributed by atoms with Crippen LogP contribution in [-0.4, -0.2) is 17.6 Å². The molecule has 2 fully saturated rings. The van der Waals surface area contributed by atoms with E-state index in [1.54, 1.807) is 6.07 Å². The molecule has 0 aromatic carbocycles. The second kappa shape index (κ2) is 3.52. The molecular weight excluding hydrogens is 203 g/mol. The second-order valence-electron chi connectivity index (χ2n) is 5.48. The third-order valence-corrected chi connectivity index (χ3v) is 4.29. The molecule has 1 aliphatic carbocycles. The molecule has 1 aromatic rings. The van der Waals surface area contributed by atoms with Crippen LogP contribution in [0.3, 0.4) is 0 Å². The Kier molecular flexibility index (Phi) is 2.25. The largest absolute Gasteiger partial charge is 0.313 e. The fourth-order valence-corrected chi connectivity index (χ4v) is 3.05. The van der Waals surface area contributed by atoms with Crippen LogP contribution in [0.5, 0.6) is 0 Å². The molecule has 1 saturated heterocycles. The first kappa shape index (κ1) is 10.2. The van der Waals surface area contributed by atoms with Crippen molar-refractivity contribution in [2.24, 2.45) is 5.92 Å². The van der Waals surface area contributed by atoms with Gasteiger partial charge < -0.3 is 5.32 Å². The number of nitrogens with zero attached hydrogens (tertiary/aromatic N) is 1. The van der Waals surface area contributed by atoms with Gasteiger partial charge in [-0.05, 0) is 36.8 Å². The highest BCUT2D eigenvalue weighted by atomic mass is 19.1. The molecule has 0 bridgehead atoms. The lowest BCUT2D eigenvalue weighted by atomic mass is 9.64. The SMILES string of the molecule is C[C@@]1(c2cncc(F)c2)CNC2CCC2C1. The van der Waals surface area contributed by atoms with Crippen LogP contribution in [-0.2, 0) is 5.41 Å². The van der Waals surface area contributed by atoms with Crippen molar-refractivity contribution in [3.63, 3.8) is 0 Å². The topological polar surface area (TPSA) is 24.9 Å². The molecule has 1 saturated carbocycles. The van der Waals surface area contributed by atoms with Gasteiger partial charge in [-0.1, -0.05) is 6.92 Å². The number of aromatic nitrogens is 1. The van der Waals surface area contributed by atoms with E-state index in [0.29, 0.717) is 0 Å². The number of pyridine rings is 1. The highest BCUT2D eigenvalue weighted by Gasteiger charge is 2.42. The first-order valence-electron chi connectivity index (χ1n) is 6.02. The van der Waals surface area contributed by atoms with E-state index in [4.69, 9.17) is 0 Å². The van der Waals surface area contributed by atoms with E-state index in [1.807, 2.05) is 6.20 Å². The van der Waals surface area contributed by atoms with Crippen LogP contribution in [0.15, 0.2) is 18.5 Å². The Morgan fingerprint density at radius 2 is 2.31 bits per heavy atom. The molecule has 2 heterocycles. The molecule has 2 nitrogen and oxygen atoms in total. The summed E-state index contributed by atoms with van der Waals surface area (Å²) in [5.74, 6) is 0.552. The zero-order valence-corrected chi connectivity index (χ0v) is 9.54. The van der Waals surface area contributed by atoms with Gasteiger partial charge in [0, 0.05) is 24.2 Å². The van der Waals surface area contributed by atoms with Crippen LogP contribution in [0.25, 0.3) is 0 Å². The van der Waals surface area contributed by atoms with Gasteiger partial charge in [0.05, 0.1) is 6.20 Å². The molecule has 0 amide bonds. The predicted octanol–water partition coefficient (Wildman–Crippen LogP) is 2.25. The highest BCUT2D eigenvalue weighted by molar-refractivity contribution is 5.24. The van der Waals surface area contributed by atoms with E-state index < -0.39 is 0 Å². The lowest BCUT2D eigenvalue weighted by Gasteiger charge is -2.49. The van der Waals surface area contributed by atoms with Gasteiger partial charge >= 0.3 is 0 Å². The average molecular weight is 220 g/mol. The quantitative estimate of drug-likeness (QED) is 0.785. The lowest BCUT2D eigenvalue weighted by Crippen LogP contribution is -2.56. The van der Waals surface area contributed by atoms with Crippen molar-refractivity contribution < 1.29 is 4.39 Å². The van der Waals surface area contributed by atoms with Crippen LogP contribution in [0.4, 0.5) is 4.39 Å². The van der Waals surface area contributed by atoms with E-state index in [-0.39, 0.29) is 11.2 Å². The summed E-state index contributed by atoms with van der Waals surface area (Å²) in [5, 5.41) is 3.58. The van der Waals surface area contributed by atoms with Gasteiger partial charge in [0.1, 0.15) is 5.82 Å². The third-order valence-electron chi connectivity index (χ3n) is 4.29. The highest BCUT2D eigenvalue weighted by Crippen LogP contribution is 2.43. The van der Waals surface area contributed by atoms with Crippen molar-refractivity contribution in [2.45, 2.75) is 37.6 Å². The van der Waals surface area contributed by atoms with Crippen LogP contribution < -0.4 is 5.32 Å². The maximum Gasteiger partial charge on any atom is 0.141 e. The van der Waals surface area contributed by atoms with E-state index in [2.05, 4.69) is 17.2 Å². The zero-order valence-electron chi connectivity index (χ0n) is 9.54. The molecule has 3 heteroatoms. The molecular formula is C13H17FN2. The predicted molar refractivity (Wildman–Crippen MR) is 60.7 cm³/mol. The number of fused-ring (bicyclic) bond motifs is 1. The first-order valence-corrected chi connectivity index (χ1v) is 6.02. The molecule has 2 aliphatic rings. The summed E-state index contributed by atoms with van der Waals surface area (Å²) >= 11 is 0. The Morgan fingerprint density at radius 3 is 2.94 bits per heavy atom. The summed E-state index contributed by atoms with van der Waals surface area (Å²) in [6.07, 6.45) is 6.87. The number of hydrogen-bond donors (Lipinski definition) is 1. The van der Waals surface area contributed by atoms with E-state index in [9.17, 15) is 4.39 Å². The van der Waals surface area contributed by atoms with Gasteiger partial charge in [-0.15, -0.1) is 0 Å². The molecule has 3 rings (SSSR count). The average Bonchev–Trinajstić information content (AvgIpc) is 2.23. The Bertz CT molecular complexity index is 407. The summed E-state index contributed by atoms with van der Waals surface area (Å²) < 4.78 is 13.2. The van der Waals surface area contributed by atoms with Gasteiger partial charge in [-0.2, -0.15) is 0 Å². The second-order valence-corrected chi connectivity index (χ2v) is 5.48. The fraction of sp³-hybridized carbons (Fsp3) is 0.615. The Morgan fingerprint density at radius 1 is 1.44 bits per heavy atom. The Labute approximate surface area is 95.3 Å². The van der Waals surface area contributed by atoms with Crippen LogP contribution in [0.2, 0.25) is 0 Å². The van der Waals surface area contributed by atoms with Gasteiger partial charge in [0.25, 0.3) is 0 Å². The number of nitrogens with one attached hydrogen (secondary N) is 1. The zero-order chi connectivity index (χ0) is 11.2. The van der Waals surface area contributed by atoms with E-state index in [1.165, 1.54) is 19.0 Å². The normalized spacial score (nSPS) is 37.6. The molecule has 3 atom stereocenters. The van der Waals surface area contributed by atoms with Gasteiger partial charge in [-0.25, -0.2) is 4.39 Å². The smallest absolute Gasteiger partial charge is 0.141 e. The third kappa shape index (κ3) is 1.54. The maximum atomic E-state index is 13.2. The van der Waals surface area contributed by atoms with Crippen molar-refractivity contribution >= 4 is 0 Å². The molecule has 86 valence electrons. The number of rotatable bonds is 1. The van der Waals surface area contributed by atoms with Crippen molar-refractivity contribution in [3.05, 3.63) is 29.8 Å². The van der Waals surface area contributed by atoms with Crippen molar-refractivity contribution in [1.29, 1.82) is 0 Å². The monoisotopic (exact) mass is 220 g/mol. The van der Waals surface area contributed by atoms with Gasteiger partial charge in [0.2, 0.25) is 0 Å². The van der Waals surface area contributed by atoms with Crippen molar-refractivity contribution in [1.82, 2.24) is 10.3 Å². The molecule has 1 aliphatic heterocycles. The molecule has 0 radical (unpaired) electrons. The van der Waals surface area contributed by atoms with E-state index >= 15 is 0 Å². The summed E-state index contributed by atoms with van der Waals surface area (Å²) in [5.41, 5.74) is 1.09. The van der Waals surface area contributed by atoms with Crippen molar-refractivity contribution in [2.75, 3.05) is 6.54 Å². The Hall–Kier alpha value is -0.960. The standard InChI is InChI=1S/C13H17FN2/c1-13(10-4-11(14)7-15-6-10)5-9-2-3-12(9)16-8-13/h4,6-7,9,12,16H,2-3,5,8H2,1H3/t9?,12?,13-/m0/s1. The van der Waals surface area contributed by atoms with Crippen molar-refractivity contribution in [3.8, 4) is 0 Å². The molecule has 1 N–H and O–H groups in total. The lowest BCUT2D eigenvalue weighted by molar-refractivity contribution is 0.108. The summed E-state index contributed by atoms with van der Waals surface area (Å²) in [6, 6.07) is 2.35. The van der Waals surface area contributed by atoms with Crippen LogP contribution in [0.1, 0.15) is 31.7 Å². The first-order chi connectivity index (χ1) is 7.67. The Balaban J connectivity index is 1.87. The molecule has 16 heavy (non-hydrogen) atoms.